The van der Waals surface area contributed by atoms with Gasteiger partial charge in [0.1, 0.15) is 5.69 Å². The SMILES string of the molecule is O=C(N[C@H]1CCCc2nc(-c3ccnc(C(F)(F)F)c3)ccc21)c1cccc(C(F)(F)F)c1. The Morgan fingerprint density at radius 3 is 2.48 bits per heavy atom. The van der Waals surface area contributed by atoms with Crippen LogP contribution in [0.1, 0.15) is 51.8 Å². The topological polar surface area (TPSA) is 54.9 Å². The maximum absolute atomic E-state index is 13.0. The minimum Gasteiger partial charge on any atom is -0.345 e. The minimum atomic E-state index is -4.58. The second kappa shape index (κ2) is 8.49. The van der Waals surface area contributed by atoms with E-state index in [1.807, 2.05) is 0 Å². The van der Waals surface area contributed by atoms with E-state index < -0.39 is 35.6 Å². The smallest absolute Gasteiger partial charge is 0.345 e. The average Bonchev–Trinajstić information content (AvgIpc) is 2.78. The van der Waals surface area contributed by atoms with Gasteiger partial charge in [0.25, 0.3) is 5.91 Å². The van der Waals surface area contributed by atoms with Crippen LogP contribution in [0, 0.1) is 0 Å². The first-order valence-corrected chi connectivity index (χ1v) is 10.0. The molecule has 1 aromatic carbocycles. The number of benzene rings is 1. The molecule has 0 bridgehead atoms. The number of hydrogen-bond acceptors (Lipinski definition) is 3. The lowest BCUT2D eigenvalue weighted by Gasteiger charge is -2.26. The Bertz CT molecular complexity index is 1190. The summed E-state index contributed by atoms with van der Waals surface area (Å²) in [6, 6.07) is 9.28. The van der Waals surface area contributed by atoms with Crippen molar-refractivity contribution in [2.45, 2.75) is 37.7 Å². The third-order valence-corrected chi connectivity index (χ3v) is 5.39. The van der Waals surface area contributed by atoms with Gasteiger partial charge in [0, 0.05) is 23.0 Å². The van der Waals surface area contributed by atoms with Crippen LogP contribution in [0.15, 0.2) is 54.7 Å². The minimum absolute atomic E-state index is 0.113. The second-order valence-corrected chi connectivity index (χ2v) is 7.66. The van der Waals surface area contributed by atoms with Crippen molar-refractivity contribution >= 4 is 5.91 Å². The van der Waals surface area contributed by atoms with Crippen LogP contribution in [0.3, 0.4) is 0 Å². The van der Waals surface area contributed by atoms with Gasteiger partial charge in [-0.15, -0.1) is 0 Å². The van der Waals surface area contributed by atoms with Gasteiger partial charge in [0.2, 0.25) is 0 Å². The summed E-state index contributed by atoms with van der Waals surface area (Å²) in [6.07, 6.45) is -6.29. The van der Waals surface area contributed by atoms with Crippen molar-refractivity contribution in [3.8, 4) is 11.3 Å². The van der Waals surface area contributed by atoms with E-state index in [0.29, 0.717) is 36.2 Å². The molecule has 0 saturated heterocycles. The molecule has 2 heterocycles. The van der Waals surface area contributed by atoms with Gasteiger partial charge in [-0.25, -0.2) is 0 Å². The maximum atomic E-state index is 13.0. The molecule has 1 aliphatic carbocycles. The van der Waals surface area contributed by atoms with Crippen molar-refractivity contribution in [3.63, 3.8) is 0 Å². The lowest BCUT2D eigenvalue weighted by atomic mass is 9.90. The lowest BCUT2D eigenvalue weighted by molar-refractivity contribution is -0.141. The van der Waals surface area contributed by atoms with E-state index in [4.69, 9.17) is 0 Å². The quantitative estimate of drug-likeness (QED) is 0.484. The summed E-state index contributed by atoms with van der Waals surface area (Å²) < 4.78 is 77.8. The zero-order valence-electron chi connectivity index (χ0n) is 17.0. The number of carbonyl (C=O) groups excluding carboxylic acids is 1. The molecule has 0 spiro atoms. The van der Waals surface area contributed by atoms with Gasteiger partial charge in [0.05, 0.1) is 17.3 Å². The molecule has 1 aliphatic rings. The highest BCUT2D eigenvalue weighted by molar-refractivity contribution is 5.94. The second-order valence-electron chi connectivity index (χ2n) is 7.66. The number of halogens is 6. The molecule has 10 heteroatoms. The number of aryl methyl sites for hydroxylation is 1. The van der Waals surface area contributed by atoms with Crippen LogP contribution in [-0.2, 0) is 18.8 Å². The number of hydrogen-bond donors (Lipinski definition) is 1. The fraction of sp³-hybridized carbons (Fsp3) is 0.261. The fourth-order valence-corrected chi connectivity index (χ4v) is 3.79. The van der Waals surface area contributed by atoms with Crippen molar-refractivity contribution < 1.29 is 31.1 Å². The number of alkyl halides is 6. The van der Waals surface area contributed by atoms with E-state index in [2.05, 4.69) is 15.3 Å². The fourth-order valence-electron chi connectivity index (χ4n) is 3.79. The highest BCUT2D eigenvalue weighted by atomic mass is 19.4. The summed E-state index contributed by atoms with van der Waals surface area (Å²) in [4.78, 5) is 20.4. The van der Waals surface area contributed by atoms with Gasteiger partial charge in [0.15, 0.2) is 0 Å². The van der Waals surface area contributed by atoms with Gasteiger partial charge >= 0.3 is 12.4 Å². The molecule has 33 heavy (non-hydrogen) atoms. The molecule has 4 nitrogen and oxygen atoms in total. The van der Waals surface area contributed by atoms with Gasteiger partial charge in [-0.1, -0.05) is 12.1 Å². The molecule has 1 atom stereocenters. The van der Waals surface area contributed by atoms with Crippen LogP contribution in [0.25, 0.3) is 11.3 Å². The summed E-state index contributed by atoms with van der Waals surface area (Å²) in [6.45, 7) is 0. The van der Waals surface area contributed by atoms with Crippen molar-refractivity contribution in [2.75, 3.05) is 0 Å². The normalized spacial score (nSPS) is 16.2. The third-order valence-electron chi connectivity index (χ3n) is 5.39. The van der Waals surface area contributed by atoms with Crippen LogP contribution in [0.5, 0.6) is 0 Å². The van der Waals surface area contributed by atoms with E-state index in [1.54, 1.807) is 12.1 Å². The number of rotatable bonds is 3. The Hall–Kier alpha value is -3.43. The van der Waals surface area contributed by atoms with Gasteiger partial charge in [-0.3, -0.25) is 14.8 Å². The van der Waals surface area contributed by atoms with Crippen LogP contribution in [-0.4, -0.2) is 15.9 Å². The van der Waals surface area contributed by atoms with E-state index >= 15 is 0 Å². The first-order chi connectivity index (χ1) is 15.5. The molecular formula is C23H17F6N3O. The first-order valence-electron chi connectivity index (χ1n) is 10.0. The Balaban J connectivity index is 1.58. The molecule has 0 fully saturated rings. The Labute approximate surface area is 184 Å². The molecule has 0 radical (unpaired) electrons. The number of aromatic nitrogens is 2. The molecule has 3 aromatic rings. The van der Waals surface area contributed by atoms with E-state index in [0.717, 1.165) is 24.4 Å². The van der Waals surface area contributed by atoms with Gasteiger partial charge in [-0.2, -0.15) is 26.3 Å². The Morgan fingerprint density at radius 1 is 0.970 bits per heavy atom. The molecular weight excluding hydrogens is 448 g/mol. The third kappa shape index (κ3) is 4.99. The molecule has 0 unspecified atom stereocenters. The molecule has 4 rings (SSSR count). The molecule has 0 saturated carbocycles. The van der Waals surface area contributed by atoms with Crippen molar-refractivity contribution in [3.05, 3.63) is 82.8 Å². The lowest BCUT2D eigenvalue weighted by Crippen LogP contribution is -2.31. The monoisotopic (exact) mass is 465 g/mol. The highest BCUT2D eigenvalue weighted by Crippen LogP contribution is 2.34. The van der Waals surface area contributed by atoms with Crippen molar-refractivity contribution in [1.29, 1.82) is 0 Å². The number of carbonyl (C=O) groups is 1. The van der Waals surface area contributed by atoms with Crippen LogP contribution < -0.4 is 5.32 Å². The van der Waals surface area contributed by atoms with Crippen LogP contribution in [0.4, 0.5) is 26.3 Å². The van der Waals surface area contributed by atoms with E-state index in [1.165, 1.54) is 18.2 Å². The number of fused-ring (bicyclic) bond motifs is 1. The summed E-state index contributed by atoms with van der Waals surface area (Å²) in [7, 11) is 0. The summed E-state index contributed by atoms with van der Waals surface area (Å²) in [5, 5.41) is 2.75. The zero-order valence-corrected chi connectivity index (χ0v) is 17.0. The van der Waals surface area contributed by atoms with Gasteiger partial charge in [-0.05, 0) is 61.2 Å². The maximum Gasteiger partial charge on any atom is 0.433 e. The summed E-state index contributed by atoms with van der Waals surface area (Å²) >= 11 is 0. The van der Waals surface area contributed by atoms with E-state index in [-0.39, 0.29) is 11.1 Å². The van der Waals surface area contributed by atoms with Crippen molar-refractivity contribution in [1.82, 2.24) is 15.3 Å². The number of nitrogens with one attached hydrogen (secondary N) is 1. The number of amides is 1. The molecule has 1 amide bonds. The predicted octanol–water partition coefficient (Wildman–Crippen LogP) is 5.99. The largest absolute Gasteiger partial charge is 0.433 e. The highest BCUT2D eigenvalue weighted by Gasteiger charge is 2.33. The molecule has 0 aliphatic heterocycles. The Kier molecular flexibility index (Phi) is 5.85. The van der Waals surface area contributed by atoms with Gasteiger partial charge < -0.3 is 5.32 Å². The van der Waals surface area contributed by atoms with Crippen molar-refractivity contribution in [2.24, 2.45) is 0 Å². The standard InChI is InChI=1S/C23H17F6N3O/c24-22(25,26)15-4-1-3-14(11-15)21(33)32-19-6-2-5-18-16(19)7-8-17(31-18)13-9-10-30-20(12-13)23(27,28)29/h1,3-4,7-12,19H,2,5-6H2,(H,32,33)/t19-/m0/s1. The summed E-state index contributed by atoms with van der Waals surface area (Å²) in [5.74, 6) is -0.646. The zero-order chi connectivity index (χ0) is 23.8. The molecule has 2 aromatic heterocycles. The molecule has 172 valence electrons. The van der Waals surface area contributed by atoms with Crippen LogP contribution >= 0.6 is 0 Å². The molecule has 1 N–H and O–H groups in total. The number of pyridine rings is 2. The number of nitrogens with zero attached hydrogens (tertiary/aromatic N) is 2. The van der Waals surface area contributed by atoms with Crippen LogP contribution in [0.2, 0.25) is 0 Å². The average molecular weight is 465 g/mol. The predicted molar refractivity (Wildman–Crippen MR) is 107 cm³/mol. The van der Waals surface area contributed by atoms with E-state index in [9.17, 15) is 31.1 Å². The first kappa shape index (κ1) is 22.8. The summed E-state index contributed by atoms with van der Waals surface area (Å²) in [5.41, 5.74) is -0.138. The Morgan fingerprint density at radius 2 is 1.76 bits per heavy atom.